The minimum atomic E-state index is -0.339. The average molecular weight is 391 g/mol. The van der Waals surface area contributed by atoms with E-state index in [1.54, 1.807) is 24.3 Å². The second-order valence-electron chi connectivity index (χ2n) is 5.27. The van der Waals surface area contributed by atoms with Gasteiger partial charge >= 0.3 is 0 Å². The first-order valence-corrected chi connectivity index (χ1v) is 8.17. The Morgan fingerprint density at radius 2 is 1.88 bits per heavy atom. The standard InChI is InChI=1S/C17H9Cl2FN4O2/c18-10-5-12-15(13(19)6-10)21-8-22-17(12)25-7-14-23-16(24-26-14)9-1-3-11(20)4-2-9/h1-6,8H,7H2. The van der Waals surface area contributed by atoms with Crippen molar-refractivity contribution < 1.29 is 13.7 Å². The van der Waals surface area contributed by atoms with Crippen LogP contribution in [0.4, 0.5) is 4.39 Å². The number of aromatic nitrogens is 4. The molecule has 26 heavy (non-hydrogen) atoms. The van der Waals surface area contributed by atoms with Gasteiger partial charge in [-0.3, -0.25) is 0 Å². The topological polar surface area (TPSA) is 73.9 Å². The number of halogens is 3. The van der Waals surface area contributed by atoms with Gasteiger partial charge in [-0.1, -0.05) is 28.4 Å². The Morgan fingerprint density at radius 3 is 2.69 bits per heavy atom. The molecule has 0 radical (unpaired) electrons. The number of benzene rings is 2. The van der Waals surface area contributed by atoms with E-state index in [1.807, 2.05) is 0 Å². The molecule has 2 aromatic carbocycles. The van der Waals surface area contributed by atoms with Crippen molar-refractivity contribution in [1.29, 1.82) is 0 Å². The van der Waals surface area contributed by atoms with Crippen LogP contribution >= 0.6 is 23.2 Å². The summed E-state index contributed by atoms with van der Waals surface area (Å²) in [7, 11) is 0. The van der Waals surface area contributed by atoms with E-state index >= 15 is 0 Å². The molecule has 0 aliphatic carbocycles. The first-order chi connectivity index (χ1) is 12.6. The number of hydrogen-bond donors (Lipinski definition) is 0. The van der Waals surface area contributed by atoms with Crippen LogP contribution in [0.15, 0.2) is 47.2 Å². The van der Waals surface area contributed by atoms with Gasteiger partial charge in [0, 0.05) is 10.6 Å². The average Bonchev–Trinajstić information content (AvgIpc) is 3.09. The second kappa shape index (κ2) is 6.86. The van der Waals surface area contributed by atoms with Gasteiger partial charge in [0.2, 0.25) is 11.7 Å². The smallest absolute Gasteiger partial charge is 0.264 e. The summed E-state index contributed by atoms with van der Waals surface area (Å²) in [5, 5.41) is 5.27. The summed E-state index contributed by atoms with van der Waals surface area (Å²) in [5.74, 6) is 0.529. The van der Waals surface area contributed by atoms with Crippen molar-refractivity contribution in [2.45, 2.75) is 6.61 Å². The van der Waals surface area contributed by atoms with Crippen molar-refractivity contribution in [3.05, 3.63) is 64.5 Å². The summed E-state index contributed by atoms with van der Waals surface area (Å²) < 4.78 is 23.8. The molecule has 0 aliphatic rings. The fraction of sp³-hybridized carbons (Fsp3) is 0.0588. The largest absolute Gasteiger partial charge is 0.467 e. The number of rotatable bonds is 4. The maximum Gasteiger partial charge on any atom is 0.264 e. The van der Waals surface area contributed by atoms with Crippen LogP contribution in [0.3, 0.4) is 0 Å². The van der Waals surface area contributed by atoms with Gasteiger partial charge in [-0.15, -0.1) is 0 Å². The molecular weight excluding hydrogens is 382 g/mol. The van der Waals surface area contributed by atoms with E-state index in [9.17, 15) is 4.39 Å². The van der Waals surface area contributed by atoms with Crippen LogP contribution in [-0.2, 0) is 6.61 Å². The molecular formula is C17H9Cl2FN4O2. The highest BCUT2D eigenvalue weighted by molar-refractivity contribution is 6.38. The Hall–Kier alpha value is -2.77. The summed E-state index contributed by atoms with van der Waals surface area (Å²) in [6, 6.07) is 9.02. The fourth-order valence-corrected chi connectivity index (χ4v) is 2.89. The molecule has 6 nitrogen and oxygen atoms in total. The molecule has 0 saturated carbocycles. The third-order valence-electron chi connectivity index (χ3n) is 3.52. The van der Waals surface area contributed by atoms with Gasteiger partial charge in [0.1, 0.15) is 12.1 Å². The van der Waals surface area contributed by atoms with Gasteiger partial charge < -0.3 is 9.26 Å². The normalized spacial score (nSPS) is 11.0. The lowest BCUT2D eigenvalue weighted by molar-refractivity contribution is 0.238. The van der Waals surface area contributed by atoms with Gasteiger partial charge in [-0.25, -0.2) is 14.4 Å². The van der Waals surface area contributed by atoms with Crippen LogP contribution < -0.4 is 4.74 Å². The van der Waals surface area contributed by atoms with E-state index in [0.29, 0.717) is 38.2 Å². The molecule has 0 unspecified atom stereocenters. The highest BCUT2D eigenvalue weighted by atomic mass is 35.5. The minimum absolute atomic E-state index is 0.00948. The lowest BCUT2D eigenvalue weighted by Gasteiger charge is -2.07. The Bertz CT molecular complexity index is 1090. The van der Waals surface area contributed by atoms with E-state index in [2.05, 4.69) is 20.1 Å². The van der Waals surface area contributed by atoms with Crippen molar-refractivity contribution in [2.75, 3.05) is 0 Å². The maximum atomic E-state index is 13.0. The van der Waals surface area contributed by atoms with E-state index in [0.717, 1.165) is 0 Å². The van der Waals surface area contributed by atoms with E-state index in [4.69, 9.17) is 32.5 Å². The molecule has 0 spiro atoms. The van der Waals surface area contributed by atoms with Gasteiger partial charge in [-0.2, -0.15) is 4.98 Å². The summed E-state index contributed by atoms with van der Waals surface area (Å²) in [6.45, 7) is -0.00948. The summed E-state index contributed by atoms with van der Waals surface area (Å²) in [6.07, 6.45) is 1.34. The van der Waals surface area contributed by atoms with E-state index < -0.39 is 0 Å². The number of fused-ring (bicyclic) bond motifs is 1. The van der Waals surface area contributed by atoms with E-state index in [1.165, 1.54) is 18.5 Å². The monoisotopic (exact) mass is 390 g/mol. The van der Waals surface area contributed by atoms with Crippen LogP contribution in [-0.4, -0.2) is 20.1 Å². The van der Waals surface area contributed by atoms with Crippen molar-refractivity contribution in [1.82, 2.24) is 20.1 Å². The quantitative estimate of drug-likeness (QED) is 0.502. The first-order valence-electron chi connectivity index (χ1n) is 7.41. The van der Waals surface area contributed by atoms with Gasteiger partial charge in [0.05, 0.1) is 15.9 Å². The maximum absolute atomic E-state index is 13.0. The molecule has 0 bridgehead atoms. The first kappa shape index (κ1) is 16.7. The number of nitrogens with zero attached hydrogens (tertiary/aromatic N) is 4. The lowest BCUT2D eigenvalue weighted by atomic mass is 10.2. The molecule has 0 atom stereocenters. The van der Waals surface area contributed by atoms with Crippen molar-refractivity contribution in [3.8, 4) is 17.3 Å². The lowest BCUT2D eigenvalue weighted by Crippen LogP contribution is -1.99. The molecule has 2 aromatic heterocycles. The van der Waals surface area contributed by atoms with E-state index in [-0.39, 0.29) is 18.3 Å². The molecule has 2 heterocycles. The zero-order valence-electron chi connectivity index (χ0n) is 13.0. The van der Waals surface area contributed by atoms with Crippen molar-refractivity contribution >= 4 is 34.1 Å². The summed E-state index contributed by atoms with van der Waals surface area (Å²) in [5.41, 5.74) is 1.16. The number of hydrogen-bond acceptors (Lipinski definition) is 6. The molecule has 130 valence electrons. The van der Waals surface area contributed by atoms with Gasteiger partial charge in [0.25, 0.3) is 5.89 Å². The van der Waals surface area contributed by atoms with Crippen LogP contribution in [0.2, 0.25) is 10.0 Å². The van der Waals surface area contributed by atoms with Crippen LogP contribution in [0.1, 0.15) is 5.89 Å². The van der Waals surface area contributed by atoms with Crippen molar-refractivity contribution in [3.63, 3.8) is 0 Å². The van der Waals surface area contributed by atoms with Gasteiger partial charge in [-0.05, 0) is 36.4 Å². The Labute approximate surface area is 156 Å². The molecule has 0 fully saturated rings. The Balaban J connectivity index is 1.57. The zero-order valence-corrected chi connectivity index (χ0v) is 14.5. The molecule has 0 saturated heterocycles. The molecule has 9 heteroatoms. The summed E-state index contributed by atoms with van der Waals surface area (Å²) >= 11 is 12.2. The third-order valence-corrected chi connectivity index (χ3v) is 4.03. The van der Waals surface area contributed by atoms with Gasteiger partial charge in [0.15, 0.2) is 6.61 Å². The van der Waals surface area contributed by atoms with Crippen LogP contribution in [0.25, 0.3) is 22.3 Å². The summed E-state index contributed by atoms with van der Waals surface area (Å²) in [4.78, 5) is 12.4. The molecule has 0 N–H and O–H groups in total. The van der Waals surface area contributed by atoms with Crippen LogP contribution in [0.5, 0.6) is 5.88 Å². The second-order valence-corrected chi connectivity index (χ2v) is 6.11. The molecule has 4 rings (SSSR count). The highest BCUT2D eigenvalue weighted by Gasteiger charge is 2.13. The predicted molar refractivity (Wildman–Crippen MR) is 93.6 cm³/mol. The molecule has 0 amide bonds. The molecule has 0 aliphatic heterocycles. The van der Waals surface area contributed by atoms with Crippen LogP contribution in [0, 0.1) is 5.82 Å². The minimum Gasteiger partial charge on any atom is -0.467 e. The molecule has 4 aromatic rings. The predicted octanol–water partition coefficient (Wildman–Crippen LogP) is 4.70. The number of ether oxygens (including phenoxy) is 1. The Morgan fingerprint density at radius 1 is 1.08 bits per heavy atom. The van der Waals surface area contributed by atoms with Crippen molar-refractivity contribution in [2.24, 2.45) is 0 Å². The zero-order chi connectivity index (χ0) is 18.1. The third kappa shape index (κ3) is 3.31. The fourth-order valence-electron chi connectivity index (χ4n) is 2.34. The highest BCUT2D eigenvalue weighted by Crippen LogP contribution is 2.31. The SMILES string of the molecule is Fc1ccc(-c2noc(COc3ncnc4c(Cl)cc(Cl)cc34)n2)cc1. The Kier molecular flexibility index (Phi) is 4.40.